The Hall–Kier alpha value is -1.09. The van der Waals surface area contributed by atoms with Gasteiger partial charge in [-0.1, -0.05) is 13.3 Å². The molecule has 0 bridgehead atoms. The number of nitrogen functional groups attached to an aromatic ring is 1. The van der Waals surface area contributed by atoms with Crippen molar-refractivity contribution in [3.05, 3.63) is 23.4 Å². The van der Waals surface area contributed by atoms with Crippen molar-refractivity contribution in [1.29, 1.82) is 0 Å². The number of nitrogens with two attached hydrogens (primary N) is 1. The Morgan fingerprint density at radius 1 is 1.50 bits per heavy atom. The fourth-order valence-electron chi connectivity index (χ4n) is 2.54. The largest absolute Gasteiger partial charge is 0.383 e. The number of anilines is 1. The van der Waals surface area contributed by atoms with E-state index in [0.717, 1.165) is 12.1 Å². The molecule has 0 unspecified atom stereocenters. The predicted molar refractivity (Wildman–Crippen MR) is 67.2 cm³/mol. The number of aromatic nitrogens is 1. The van der Waals surface area contributed by atoms with Crippen LogP contribution in [0.5, 0.6) is 0 Å². The first-order chi connectivity index (χ1) is 7.72. The van der Waals surface area contributed by atoms with Crippen molar-refractivity contribution in [3.63, 3.8) is 0 Å². The molecule has 1 atom stereocenters. The molecule has 0 amide bonds. The van der Waals surface area contributed by atoms with Crippen LogP contribution in [0.3, 0.4) is 0 Å². The standard InChI is InChI=1S/C13H21N3/c1-3-16-7-5-4-6-12(16)11-8-10(2)13(14)15-9-11/h8-9,12H,3-7H2,1-2H3,(H2,14,15)/t12-/m1/s1. The normalized spacial score (nSPS) is 22.2. The zero-order valence-electron chi connectivity index (χ0n) is 10.2. The van der Waals surface area contributed by atoms with Crippen LogP contribution in [0.15, 0.2) is 12.3 Å². The highest BCUT2D eigenvalue weighted by Crippen LogP contribution is 2.30. The molecule has 0 aromatic carbocycles. The maximum Gasteiger partial charge on any atom is 0.126 e. The van der Waals surface area contributed by atoms with E-state index in [1.807, 2.05) is 13.1 Å². The lowest BCUT2D eigenvalue weighted by molar-refractivity contribution is 0.157. The van der Waals surface area contributed by atoms with Gasteiger partial charge in [-0.2, -0.15) is 0 Å². The number of nitrogens with zero attached hydrogens (tertiary/aromatic N) is 2. The minimum atomic E-state index is 0.547. The molecule has 0 saturated carbocycles. The number of pyridine rings is 1. The molecule has 2 N–H and O–H groups in total. The highest BCUT2D eigenvalue weighted by Gasteiger charge is 2.22. The van der Waals surface area contributed by atoms with Crippen molar-refractivity contribution < 1.29 is 0 Å². The molecule has 1 aromatic heterocycles. The maximum absolute atomic E-state index is 5.76. The van der Waals surface area contributed by atoms with Gasteiger partial charge >= 0.3 is 0 Å². The number of likely N-dealkylation sites (tertiary alicyclic amines) is 1. The van der Waals surface area contributed by atoms with Crippen LogP contribution in [-0.2, 0) is 0 Å². The average molecular weight is 219 g/mol. The van der Waals surface area contributed by atoms with Gasteiger partial charge in [0.05, 0.1) is 0 Å². The summed E-state index contributed by atoms with van der Waals surface area (Å²) in [6, 6.07) is 2.74. The fourth-order valence-corrected chi connectivity index (χ4v) is 2.54. The zero-order valence-corrected chi connectivity index (χ0v) is 10.2. The van der Waals surface area contributed by atoms with Gasteiger partial charge in [0.25, 0.3) is 0 Å². The molecule has 16 heavy (non-hydrogen) atoms. The molecular weight excluding hydrogens is 198 g/mol. The Morgan fingerprint density at radius 2 is 2.31 bits per heavy atom. The maximum atomic E-state index is 5.76. The Morgan fingerprint density at radius 3 is 3.00 bits per heavy atom. The van der Waals surface area contributed by atoms with Crippen molar-refractivity contribution in [2.75, 3.05) is 18.8 Å². The van der Waals surface area contributed by atoms with Crippen molar-refractivity contribution >= 4 is 5.82 Å². The molecule has 3 heteroatoms. The summed E-state index contributed by atoms with van der Waals surface area (Å²) < 4.78 is 0. The Bertz CT molecular complexity index is 362. The lowest BCUT2D eigenvalue weighted by Crippen LogP contribution is -2.33. The lowest BCUT2D eigenvalue weighted by Gasteiger charge is -2.35. The topological polar surface area (TPSA) is 42.2 Å². The van der Waals surface area contributed by atoms with E-state index in [2.05, 4.69) is 22.9 Å². The highest BCUT2D eigenvalue weighted by atomic mass is 15.2. The fraction of sp³-hybridized carbons (Fsp3) is 0.615. The minimum Gasteiger partial charge on any atom is -0.383 e. The number of aryl methyl sites for hydroxylation is 1. The molecule has 0 aliphatic carbocycles. The van der Waals surface area contributed by atoms with E-state index in [1.54, 1.807) is 0 Å². The number of piperidine rings is 1. The molecule has 1 aromatic rings. The SMILES string of the molecule is CCN1CCCC[C@@H]1c1cnc(N)c(C)c1. The summed E-state index contributed by atoms with van der Waals surface area (Å²) in [5.74, 6) is 0.655. The van der Waals surface area contributed by atoms with Crippen molar-refractivity contribution in [3.8, 4) is 0 Å². The third-order valence-corrected chi connectivity index (χ3v) is 3.54. The number of hydrogen-bond acceptors (Lipinski definition) is 3. The molecule has 1 aliphatic heterocycles. The summed E-state index contributed by atoms with van der Waals surface area (Å²) in [6.45, 7) is 6.60. The van der Waals surface area contributed by atoms with Crippen LogP contribution < -0.4 is 5.73 Å². The summed E-state index contributed by atoms with van der Waals surface area (Å²) in [5.41, 5.74) is 8.18. The second-order valence-electron chi connectivity index (χ2n) is 4.61. The van der Waals surface area contributed by atoms with E-state index in [4.69, 9.17) is 5.73 Å². The van der Waals surface area contributed by atoms with Gasteiger partial charge in [-0.25, -0.2) is 4.98 Å². The summed E-state index contributed by atoms with van der Waals surface area (Å²) in [7, 11) is 0. The Balaban J connectivity index is 2.23. The van der Waals surface area contributed by atoms with E-state index < -0.39 is 0 Å². The minimum absolute atomic E-state index is 0.547. The lowest BCUT2D eigenvalue weighted by atomic mass is 9.95. The molecule has 0 spiro atoms. The molecular formula is C13H21N3. The van der Waals surface area contributed by atoms with Crippen LogP contribution in [0, 0.1) is 6.92 Å². The monoisotopic (exact) mass is 219 g/mol. The molecule has 1 aliphatic rings. The van der Waals surface area contributed by atoms with Gasteiger partial charge < -0.3 is 5.73 Å². The van der Waals surface area contributed by atoms with Gasteiger partial charge in [-0.3, -0.25) is 4.90 Å². The van der Waals surface area contributed by atoms with Crippen molar-refractivity contribution in [2.45, 2.75) is 39.2 Å². The van der Waals surface area contributed by atoms with Crippen LogP contribution in [0.25, 0.3) is 0 Å². The first kappa shape index (κ1) is 11.4. The second-order valence-corrected chi connectivity index (χ2v) is 4.61. The van der Waals surface area contributed by atoms with Crippen LogP contribution >= 0.6 is 0 Å². The van der Waals surface area contributed by atoms with E-state index in [-0.39, 0.29) is 0 Å². The highest BCUT2D eigenvalue weighted by molar-refractivity contribution is 5.40. The van der Waals surface area contributed by atoms with Crippen LogP contribution in [-0.4, -0.2) is 23.0 Å². The number of hydrogen-bond donors (Lipinski definition) is 1. The van der Waals surface area contributed by atoms with Gasteiger partial charge in [0.2, 0.25) is 0 Å². The van der Waals surface area contributed by atoms with Gasteiger partial charge in [-0.15, -0.1) is 0 Å². The first-order valence-electron chi connectivity index (χ1n) is 6.18. The quantitative estimate of drug-likeness (QED) is 0.831. The van der Waals surface area contributed by atoms with Crippen LogP contribution in [0.4, 0.5) is 5.82 Å². The first-order valence-corrected chi connectivity index (χ1v) is 6.18. The van der Waals surface area contributed by atoms with Gasteiger partial charge in [-0.05, 0) is 50.0 Å². The van der Waals surface area contributed by atoms with E-state index >= 15 is 0 Å². The smallest absolute Gasteiger partial charge is 0.126 e. The summed E-state index contributed by atoms with van der Waals surface area (Å²) in [5, 5.41) is 0. The van der Waals surface area contributed by atoms with Gasteiger partial charge in [0.15, 0.2) is 0 Å². The summed E-state index contributed by atoms with van der Waals surface area (Å²) in [6.07, 6.45) is 5.84. The zero-order chi connectivity index (χ0) is 11.5. The third-order valence-electron chi connectivity index (χ3n) is 3.54. The molecule has 3 nitrogen and oxygen atoms in total. The van der Waals surface area contributed by atoms with Gasteiger partial charge in [0.1, 0.15) is 5.82 Å². The molecule has 88 valence electrons. The number of rotatable bonds is 2. The second kappa shape index (κ2) is 4.83. The molecule has 2 rings (SSSR count). The molecule has 1 saturated heterocycles. The van der Waals surface area contributed by atoms with Crippen molar-refractivity contribution in [2.24, 2.45) is 0 Å². The Labute approximate surface area is 97.7 Å². The Kier molecular flexibility index (Phi) is 3.44. The van der Waals surface area contributed by atoms with Crippen molar-refractivity contribution in [1.82, 2.24) is 9.88 Å². The van der Waals surface area contributed by atoms with E-state index in [0.29, 0.717) is 11.9 Å². The average Bonchev–Trinajstić information content (AvgIpc) is 2.32. The molecule has 2 heterocycles. The van der Waals surface area contributed by atoms with E-state index in [9.17, 15) is 0 Å². The van der Waals surface area contributed by atoms with Crippen LogP contribution in [0.1, 0.15) is 43.4 Å². The summed E-state index contributed by atoms with van der Waals surface area (Å²) >= 11 is 0. The molecule has 1 fully saturated rings. The predicted octanol–water partition coefficient (Wildman–Crippen LogP) is 2.52. The molecule has 0 radical (unpaired) electrons. The van der Waals surface area contributed by atoms with Crippen LogP contribution in [0.2, 0.25) is 0 Å². The van der Waals surface area contributed by atoms with E-state index in [1.165, 1.54) is 31.4 Å². The third kappa shape index (κ3) is 2.19. The summed E-state index contributed by atoms with van der Waals surface area (Å²) in [4.78, 5) is 6.81. The van der Waals surface area contributed by atoms with Gasteiger partial charge in [0, 0.05) is 12.2 Å².